The second-order valence-corrected chi connectivity index (χ2v) is 8.36. The van der Waals surface area contributed by atoms with Crippen LogP contribution in [0.5, 0.6) is 0 Å². The van der Waals surface area contributed by atoms with Gasteiger partial charge in [0.15, 0.2) is 0 Å². The molecule has 2 heterocycles. The Morgan fingerprint density at radius 2 is 2.00 bits per heavy atom. The van der Waals surface area contributed by atoms with Gasteiger partial charge in [-0.2, -0.15) is 0 Å². The summed E-state index contributed by atoms with van der Waals surface area (Å²) in [5.41, 5.74) is 12.0. The first kappa shape index (κ1) is 18.1. The fourth-order valence-electron chi connectivity index (χ4n) is 3.26. The third-order valence-corrected chi connectivity index (χ3v) is 6.42. The molecule has 27 heavy (non-hydrogen) atoms. The summed E-state index contributed by atoms with van der Waals surface area (Å²) in [6, 6.07) is 16.8. The van der Waals surface area contributed by atoms with E-state index in [-0.39, 0.29) is 5.37 Å². The predicted molar refractivity (Wildman–Crippen MR) is 120 cm³/mol. The van der Waals surface area contributed by atoms with Gasteiger partial charge in [-0.25, -0.2) is 4.72 Å². The minimum absolute atomic E-state index is 0.0289. The van der Waals surface area contributed by atoms with Crippen LogP contribution in [0.25, 0.3) is 16.5 Å². The smallest absolute Gasteiger partial charge is 0.0960 e. The van der Waals surface area contributed by atoms with Crippen molar-refractivity contribution >= 4 is 45.9 Å². The number of hydrogen-bond acceptors (Lipinski definition) is 5. The van der Waals surface area contributed by atoms with Crippen molar-refractivity contribution in [3.63, 3.8) is 0 Å². The molecule has 4 rings (SSSR count). The Morgan fingerprint density at radius 1 is 1.19 bits per heavy atom. The van der Waals surface area contributed by atoms with Gasteiger partial charge >= 0.3 is 0 Å². The van der Waals surface area contributed by atoms with Gasteiger partial charge in [0.1, 0.15) is 0 Å². The number of anilines is 1. The number of thioether (sulfide) groups is 1. The van der Waals surface area contributed by atoms with E-state index in [1.807, 2.05) is 6.07 Å². The number of para-hydroxylation sites is 2. The molecule has 1 atom stereocenters. The molecule has 0 aliphatic carbocycles. The SMILES string of the molecule is C=C(N)SC(NSCC1=CCNc2ccccc21)c1c[nH]c2ccccc12. The second kappa shape index (κ2) is 8.17. The van der Waals surface area contributed by atoms with Crippen molar-refractivity contribution in [1.29, 1.82) is 0 Å². The van der Waals surface area contributed by atoms with Gasteiger partial charge in [0.25, 0.3) is 0 Å². The molecular formula is C21H22N4S2. The Kier molecular flexibility index (Phi) is 5.48. The summed E-state index contributed by atoms with van der Waals surface area (Å²) in [4.78, 5) is 3.34. The van der Waals surface area contributed by atoms with E-state index in [4.69, 9.17) is 5.73 Å². The summed E-state index contributed by atoms with van der Waals surface area (Å²) in [6.45, 7) is 4.74. The van der Waals surface area contributed by atoms with Crippen LogP contribution < -0.4 is 15.8 Å². The van der Waals surface area contributed by atoms with Crippen LogP contribution in [0.3, 0.4) is 0 Å². The summed E-state index contributed by atoms with van der Waals surface area (Å²) in [5, 5.41) is 5.25. The van der Waals surface area contributed by atoms with Gasteiger partial charge in [-0.1, -0.05) is 72.8 Å². The van der Waals surface area contributed by atoms with Crippen molar-refractivity contribution in [2.75, 3.05) is 17.6 Å². The average molecular weight is 395 g/mol. The van der Waals surface area contributed by atoms with Gasteiger partial charge in [-0.15, -0.1) is 0 Å². The Labute approximate surface area is 167 Å². The molecule has 0 radical (unpaired) electrons. The Hall–Kier alpha value is -2.28. The number of nitrogens with one attached hydrogen (secondary N) is 3. The highest BCUT2D eigenvalue weighted by Crippen LogP contribution is 2.36. The number of aromatic amines is 1. The molecule has 6 heteroatoms. The third-order valence-electron chi connectivity index (χ3n) is 4.50. The van der Waals surface area contributed by atoms with E-state index in [2.05, 4.69) is 76.3 Å². The van der Waals surface area contributed by atoms with Crippen LogP contribution in [0.2, 0.25) is 0 Å². The highest BCUT2D eigenvalue weighted by atomic mass is 32.2. The second-order valence-electron chi connectivity index (χ2n) is 6.32. The van der Waals surface area contributed by atoms with Crippen molar-refractivity contribution in [1.82, 2.24) is 9.71 Å². The number of fused-ring (bicyclic) bond motifs is 2. The predicted octanol–water partition coefficient (Wildman–Crippen LogP) is 5.08. The number of benzene rings is 2. The van der Waals surface area contributed by atoms with Crippen LogP contribution in [0.15, 0.2) is 72.4 Å². The minimum Gasteiger partial charge on any atom is -0.394 e. The maximum Gasteiger partial charge on any atom is 0.0960 e. The van der Waals surface area contributed by atoms with Gasteiger partial charge in [-0.05, 0) is 17.7 Å². The zero-order valence-corrected chi connectivity index (χ0v) is 16.5. The highest BCUT2D eigenvalue weighted by Gasteiger charge is 2.18. The lowest BCUT2D eigenvalue weighted by Gasteiger charge is -2.21. The van der Waals surface area contributed by atoms with Crippen molar-refractivity contribution < 1.29 is 0 Å². The molecule has 0 fully saturated rings. The zero-order valence-electron chi connectivity index (χ0n) is 14.9. The van der Waals surface area contributed by atoms with Crippen LogP contribution in [0.4, 0.5) is 5.69 Å². The molecule has 0 saturated carbocycles. The van der Waals surface area contributed by atoms with E-state index in [0.717, 1.165) is 17.8 Å². The molecule has 1 aliphatic rings. The van der Waals surface area contributed by atoms with Crippen LogP contribution >= 0.6 is 23.7 Å². The molecule has 1 aliphatic heterocycles. The van der Waals surface area contributed by atoms with E-state index in [9.17, 15) is 0 Å². The molecule has 3 aromatic rings. The van der Waals surface area contributed by atoms with E-state index in [1.165, 1.54) is 27.8 Å². The Bertz CT molecular complexity index is 993. The first-order valence-corrected chi connectivity index (χ1v) is 10.7. The van der Waals surface area contributed by atoms with E-state index in [1.54, 1.807) is 23.7 Å². The van der Waals surface area contributed by atoms with Crippen molar-refractivity contribution in [2.24, 2.45) is 5.73 Å². The van der Waals surface area contributed by atoms with E-state index < -0.39 is 0 Å². The Morgan fingerprint density at radius 3 is 2.89 bits per heavy atom. The van der Waals surface area contributed by atoms with Crippen molar-refractivity contribution in [2.45, 2.75) is 5.37 Å². The van der Waals surface area contributed by atoms with Crippen LogP contribution in [-0.4, -0.2) is 17.3 Å². The molecule has 0 saturated heterocycles. The molecule has 138 valence electrons. The van der Waals surface area contributed by atoms with E-state index in [0.29, 0.717) is 5.03 Å². The largest absolute Gasteiger partial charge is 0.394 e. The quantitative estimate of drug-likeness (QED) is 0.333. The number of hydrogen-bond donors (Lipinski definition) is 4. The highest BCUT2D eigenvalue weighted by molar-refractivity contribution is 8.04. The van der Waals surface area contributed by atoms with Gasteiger partial charge in [0.05, 0.1) is 10.4 Å². The first-order chi connectivity index (χ1) is 13.2. The molecule has 0 amide bonds. The zero-order chi connectivity index (χ0) is 18.6. The van der Waals surface area contributed by atoms with Crippen LogP contribution in [0, 0.1) is 0 Å². The maximum atomic E-state index is 5.91. The van der Waals surface area contributed by atoms with Crippen LogP contribution in [0.1, 0.15) is 16.5 Å². The van der Waals surface area contributed by atoms with E-state index >= 15 is 0 Å². The Balaban J connectivity index is 1.49. The standard InChI is InChI=1S/C21H22N4S2/c1-14(22)27-21(18-12-24-20-9-5-3-7-17(18)20)25-26-13-15-10-11-23-19-8-4-2-6-16(15)19/h2-10,12,21,23-25H,1,11,13,22H2. The minimum atomic E-state index is 0.0289. The van der Waals surface area contributed by atoms with Gasteiger partial charge in [-0.3, -0.25) is 0 Å². The van der Waals surface area contributed by atoms with Crippen molar-refractivity contribution in [3.8, 4) is 0 Å². The summed E-state index contributed by atoms with van der Waals surface area (Å²) in [7, 11) is 0. The normalized spacial score (nSPS) is 14.3. The number of rotatable bonds is 7. The summed E-state index contributed by atoms with van der Waals surface area (Å²) in [5.74, 6) is 0.884. The fraction of sp³-hybridized carbons (Fsp3) is 0.143. The van der Waals surface area contributed by atoms with Crippen LogP contribution in [-0.2, 0) is 0 Å². The fourth-order valence-corrected chi connectivity index (χ4v) is 5.07. The molecule has 0 spiro atoms. The molecule has 1 unspecified atom stereocenters. The molecule has 0 bridgehead atoms. The number of nitrogens with two attached hydrogens (primary N) is 1. The van der Waals surface area contributed by atoms with Gasteiger partial charge in [0, 0.05) is 46.2 Å². The first-order valence-electron chi connectivity index (χ1n) is 8.79. The maximum absolute atomic E-state index is 5.91. The number of H-pyrrole nitrogens is 1. The molecule has 1 aromatic heterocycles. The lowest BCUT2D eigenvalue weighted by atomic mass is 10.0. The summed E-state index contributed by atoms with van der Waals surface area (Å²) < 4.78 is 3.58. The molecule has 2 aromatic carbocycles. The third kappa shape index (κ3) is 4.03. The molecular weight excluding hydrogens is 372 g/mol. The summed E-state index contributed by atoms with van der Waals surface area (Å²) in [6.07, 6.45) is 4.31. The summed E-state index contributed by atoms with van der Waals surface area (Å²) >= 11 is 3.25. The van der Waals surface area contributed by atoms with Crippen molar-refractivity contribution in [3.05, 3.63) is 83.5 Å². The molecule has 5 N–H and O–H groups in total. The topological polar surface area (TPSA) is 65.9 Å². The monoisotopic (exact) mass is 394 g/mol. The molecule has 4 nitrogen and oxygen atoms in total. The number of aromatic nitrogens is 1. The lowest BCUT2D eigenvalue weighted by Crippen LogP contribution is -2.14. The van der Waals surface area contributed by atoms with Gasteiger partial charge < -0.3 is 16.0 Å². The van der Waals surface area contributed by atoms with Gasteiger partial charge in [0.2, 0.25) is 0 Å². The lowest BCUT2D eigenvalue weighted by molar-refractivity contribution is 0.957. The average Bonchev–Trinajstić information content (AvgIpc) is 3.11.